The first kappa shape index (κ1) is 15.2. The van der Waals surface area contributed by atoms with Gasteiger partial charge >= 0.3 is 5.97 Å². The fraction of sp³-hybridized carbons (Fsp3) is 0.278. The van der Waals surface area contributed by atoms with Crippen molar-refractivity contribution < 1.29 is 23.7 Å². The van der Waals surface area contributed by atoms with Crippen LogP contribution in [-0.2, 0) is 11.2 Å². The molecule has 0 fully saturated rings. The van der Waals surface area contributed by atoms with Gasteiger partial charge in [-0.05, 0) is 29.8 Å². The highest BCUT2D eigenvalue weighted by Crippen LogP contribution is 2.40. The number of benzene rings is 2. The Morgan fingerprint density at radius 1 is 0.957 bits per heavy atom. The van der Waals surface area contributed by atoms with Crippen LogP contribution in [0.25, 0.3) is 0 Å². The van der Waals surface area contributed by atoms with Gasteiger partial charge in [0, 0.05) is 12.0 Å². The average molecular weight is 314 g/mol. The van der Waals surface area contributed by atoms with Crippen LogP contribution in [-0.4, -0.2) is 27.3 Å². The van der Waals surface area contributed by atoms with E-state index in [4.69, 9.17) is 18.9 Å². The van der Waals surface area contributed by atoms with E-state index in [0.29, 0.717) is 23.5 Å². The van der Waals surface area contributed by atoms with Gasteiger partial charge in [-0.25, -0.2) is 4.79 Å². The molecule has 1 heterocycles. The van der Waals surface area contributed by atoms with Gasteiger partial charge in [-0.1, -0.05) is 12.1 Å². The molecule has 120 valence electrons. The van der Waals surface area contributed by atoms with Crippen molar-refractivity contribution in [2.24, 2.45) is 0 Å². The summed E-state index contributed by atoms with van der Waals surface area (Å²) >= 11 is 0. The Balaban J connectivity index is 1.90. The fourth-order valence-corrected chi connectivity index (χ4v) is 2.72. The molecule has 0 aliphatic carbocycles. The minimum absolute atomic E-state index is 0.328. The molecule has 23 heavy (non-hydrogen) atoms. The summed E-state index contributed by atoms with van der Waals surface area (Å²) in [5.41, 5.74) is 2.41. The molecule has 0 saturated heterocycles. The quantitative estimate of drug-likeness (QED) is 0.794. The molecule has 3 rings (SSSR count). The molecule has 5 nitrogen and oxygen atoms in total. The second kappa shape index (κ2) is 6.20. The van der Waals surface area contributed by atoms with E-state index < -0.39 is 0 Å². The monoisotopic (exact) mass is 314 g/mol. The summed E-state index contributed by atoms with van der Waals surface area (Å²) in [5, 5.41) is 0. The average Bonchev–Trinajstić information content (AvgIpc) is 2.89. The highest BCUT2D eigenvalue weighted by molar-refractivity contribution is 5.95. The van der Waals surface area contributed by atoms with Crippen molar-refractivity contribution in [2.45, 2.75) is 12.5 Å². The first-order valence-electron chi connectivity index (χ1n) is 7.26. The smallest absolute Gasteiger partial charge is 0.339 e. The third-order valence-corrected chi connectivity index (χ3v) is 3.95. The van der Waals surface area contributed by atoms with Crippen molar-refractivity contribution >= 4 is 5.97 Å². The molecule has 2 aromatic rings. The number of methoxy groups -OCH3 is 3. The van der Waals surface area contributed by atoms with E-state index in [1.54, 1.807) is 27.4 Å². The van der Waals surface area contributed by atoms with Crippen molar-refractivity contribution in [1.29, 1.82) is 0 Å². The minimum atomic E-state index is -0.334. The van der Waals surface area contributed by atoms with Gasteiger partial charge in [-0.2, -0.15) is 0 Å². The maximum Gasteiger partial charge on any atom is 0.339 e. The van der Waals surface area contributed by atoms with Crippen LogP contribution in [0, 0.1) is 0 Å². The molecule has 0 amide bonds. The predicted molar refractivity (Wildman–Crippen MR) is 84.4 cm³/mol. The lowest BCUT2D eigenvalue weighted by molar-refractivity contribution is 0.0387. The van der Waals surface area contributed by atoms with Gasteiger partial charge in [-0.15, -0.1) is 0 Å². The highest BCUT2D eigenvalue weighted by atomic mass is 16.5. The van der Waals surface area contributed by atoms with Gasteiger partial charge in [-0.3, -0.25) is 0 Å². The molecule has 1 unspecified atom stereocenters. The number of carbonyl (C=O) groups excluding carboxylic acids is 1. The Bertz CT molecular complexity index is 721. The normalized spacial score (nSPS) is 15.8. The molecular formula is C18H18O5. The van der Waals surface area contributed by atoms with E-state index in [1.807, 2.05) is 30.3 Å². The summed E-state index contributed by atoms with van der Waals surface area (Å²) in [6, 6.07) is 11.2. The van der Waals surface area contributed by atoms with E-state index in [9.17, 15) is 4.79 Å². The number of hydrogen-bond acceptors (Lipinski definition) is 5. The summed E-state index contributed by atoms with van der Waals surface area (Å²) < 4.78 is 21.2. The zero-order valence-corrected chi connectivity index (χ0v) is 13.3. The van der Waals surface area contributed by atoms with Crippen LogP contribution in [0.5, 0.6) is 17.2 Å². The SMILES string of the molecule is COc1ccc(CC2OC(=O)c3cc(OC)c(OC)cc32)cc1. The summed E-state index contributed by atoms with van der Waals surface area (Å²) in [6.45, 7) is 0. The van der Waals surface area contributed by atoms with Crippen molar-refractivity contribution in [3.63, 3.8) is 0 Å². The molecular weight excluding hydrogens is 296 g/mol. The van der Waals surface area contributed by atoms with Gasteiger partial charge in [0.1, 0.15) is 11.9 Å². The molecule has 5 heteroatoms. The van der Waals surface area contributed by atoms with Crippen LogP contribution >= 0.6 is 0 Å². The maximum absolute atomic E-state index is 12.1. The van der Waals surface area contributed by atoms with Crippen LogP contribution in [0.3, 0.4) is 0 Å². The molecule has 0 N–H and O–H groups in total. The Labute approximate surface area is 134 Å². The lowest BCUT2D eigenvalue weighted by Crippen LogP contribution is -2.03. The van der Waals surface area contributed by atoms with Crippen molar-refractivity contribution in [1.82, 2.24) is 0 Å². The van der Waals surface area contributed by atoms with Crippen LogP contribution < -0.4 is 14.2 Å². The van der Waals surface area contributed by atoms with E-state index in [-0.39, 0.29) is 12.1 Å². The topological polar surface area (TPSA) is 54.0 Å². The molecule has 0 radical (unpaired) electrons. The second-order valence-corrected chi connectivity index (χ2v) is 5.24. The van der Waals surface area contributed by atoms with Crippen molar-refractivity contribution in [3.8, 4) is 17.2 Å². The lowest BCUT2D eigenvalue weighted by atomic mass is 9.98. The molecule has 1 aliphatic rings. The van der Waals surface area contributed by atoms with Crippen molar-refractivity contribution in [3.05, 3.63) is 53.1 Å². The largest absolute Gasteiger partial charge is 0.497 e. The number of rotatable bonds is 5. The second-order valence-electron chi connectivity index (χ2n) is 5.24. The first-order chi connectivity index (χ1) is 11.2. The molecule has 0 spiro atoms. The number of hydrogen-bond donors (Lipinski definition) is 0. The van der Waals surface area contributed by atoms with E-state index >= 15 is 0 Å². The van der Waals surface area contributed by atoms with Crippen LogP contribution in [0.4, 0.5) is 0 Å². The predicted octanol–water partition coefficient (Wildman–Crippen LogP) is 3.17. The van der Waals surface area contributed by atoms with E-state index in [2.05, 4.69) is 0 Å². The van der Waals surface area contributed by atoms with Crippen LogP contribution in [0.15, 0.2) is 36.4 Å². The summed E-state index contributed by atoms with van der Waals surface area (Å²) in [6.07, 6.45) is 0.267. The zero-order chi connectivity index (χ0) is 16.4. The minimum Gasteiger partial charge on any atom is -0.497 e. The number of ether oxygens (including phenoxy) is 4. The van der Waals surface area contributed by atoms with Gasteiger partial charge in [0.05, 0.1) is 26.9 Å². The van der Waals surface area contributed by atoms with Gasteiger partial charge in [0.15, 0.2) is 11.5 Å². The molecule has 0 aromatic heterocycles. The molecule has 0 bridgehead atoms. The Morgan fingerprint density at radius 3 is 2.22 bits per heavy atom. The van der Waals surface area contributed by atoms with Crippen LogP contribution in [0.1, 0.15) is 27.6 Å². The van der Waals surface area contributed by atoms with Gasteiger partial charge in [0.2, 0.25) is 0 Å². The van der Waals surface area contributed by atoms with Gasteiger partial charge < -0.3 is 18.9 Å². The number of esters is 1. The number of carbonyl (C=O) groups is 1. The molecule has 1 aliphatic heterocycles. The highest BCUT2D eigenvalue weighted by Gasteiger charge is 2.33. The number of cyclic esters (lactones) is 1. The summed E-state index contributed by atoms with van der Waals surface area (Å²) in [5.74, 6) is 1.57. The Kier molecular flexibility index (Phi) is 4.10. The summed E-state index contributed by atoms with van der Waals surface area (Å²) in [7, 11) is 4.74. The van der Waals surface area contributed by atoms with E-state index in [1.165, 1.54) is 0 Å². The molecule has 0 saturated carbocycles. The van der Waals surface area contributed by atoms with E-state index in [0.717, 1.165) is 16.9 Å². The molecule has 1 atom stereocenters. The lowest BCUT2D eigenvalue weighted by Gasteiger charge is -2.13. The Morgan fingerprint density at radius 2 is 1.61 bits per heavy atom. The molecule has 2 aromatic carbocycles. The first-order valence-corrected chi connectivity index (χ1v) is 7.26. The number of fused-ring (bicyclic) bond motifs is 1. The Hall–Kier alpha value is -2.69. The van der Waals surface area contributed by atoms with Crippen LogP contribution in [0.2, 0.25) is 0 Å². The summed E-state index contributed by atoms with van der Waals surface area (Å²) in [4.78, 5) is 12.1. The van der Waals surface area contributed by atoms with Crippen molar-refractivity contribution in [2.75, 3.05) is 21.3 Å². The third kappa shape index (κ3) is 2.82. The fourth-order valence-electron chi connectivity index (χ4n) is 2.72. The standard InChI is InChI=1S/C18H18O5/c1-20-12-6-4-11(5-7-12)8-15-13-9-16(21-2)17(22-3)10-14(13)18(19)23-15/h4-7,9-10,15H,8H2,1-3H3. The van der Waals surface area contributed by atoms with Gasteiger partial charge in [0.25, 0.3) is 0 Å². The maximum atomic E-state index is 12.1. The third-order valence-electron chi connectivity index (χ3n) is 3.95. The zero-order valence-electron chi connectivity index (χ0n) is 13.3.